The summed E-state index contributed by atoms with van der Waals surface area (Å²) in [5, 5.41) is 9.82. The van der Waals surface area contributed by atoms with Crippen molar-refractivity contribution >= 4 is 25.7 Å². The fourth-order valence-electron chi connectivity index (χ4n) is 7.53. The van der Waals surface area contributed by atoms with E-state index in [4.69, 9.17) is 23.3 Å². The quantitative estimate of drug-likeness (QED) is 0.0197. The summed E-state index contributed by atoms with van der Waals surface area (Å²) < 4.78 is 39.5. The molecule has 442 valence electrons. The first-order valence-electron chi connectivity index (χ1n) is 30.1. The number of esters is 3. The molecular formula is C66H107O11P. The fourth-order valence-corrected chi connectivity index (χ4v) is 8.31. The van der Waals surface area contributed by atoms with E-state index in [1.807, 2.05) is 12.2 Å². The van der Waals surface area contributed by atoms with Gasteiger partial charge in [0.05, 0.1) is 19.8 Å². The van der Waals surface area contributed by atoms with E-state index in [9.17, 15) is 28.9 Å². The van der Waals surface area contributed by atoms with Crippen LogP contribution in [-0.2, 0) is 42.2 Å². The molecule has 0 bridgehead atoms. The van der Waals surface area contributed by atoms with E-state index in [2.05, 4.69) is 142 Å². The predicted octanol–water partition coefficient (Wildman–Crippen LogP) is 18.1. The molecule has 0 rings (SSSR count). The Bertz CT molecular complexity index is 1820. The summed E-state index contributed by atoms with van der Waals surface area (Å²) in [4.78, 5) is 48.6. The maximum atomic E-state index is 12.9. The van der Waals surface area contributed by atoms with Gasteiger partial charge in [0, 0.05) is 19.3 Å². The number of hydrogen-bond acceptors (Lipinski definition) is 10. The summed E-state index contributed by atoms with van der Waals surface area (Å²) in [7, 11) is -4.79. The van der Waals surface area contributed by atoms with Crippen LogP contribution in [0.4, 0.5) is 0 Å². The molecule has 0 radical (unpaired) electrons. The van der Waals surface area contributed by atoms with Crippen molar-refractivity contribution in [3.8, 4) is 0 Å². The molecule has 3 unspecified atom stereocenters. The van der Waals surface area contributed by atoms with Crippen LogP contribution in [0.5, 0.6) is 0 Å². The number of carbonyl (C=O) groups excluding carboxylic acids is 3. The Morgan fingerprint density at radius 3 is 1.10 bits per heavy atom. The summed E-state index contributed by atoms with van der Waals surface area (Å²) in [6.45, 7) is 4.29. The number of allylic oxidation sites excluding steroid dienone is 22. The largest absolute Gasteiger partial charge is 0.472 e. The minimum Gasteiger partial charge on any atom is -0.462 e. The minimum absolute atomic E-state index is 0.0887. The Morgan fingerprint density at radius 1 is 0.372 bits per heavy atom. The molecule has 0 saturated carbocycles. The summed E-state index contributed by atoms with van der Waals surface area (Å²) in [5.74, 6) is -1.59. The molecular weight excluding hydrogens is 1000 g/mol. The van der Waals surface area contributed by atoms with Crippen LogP contribution in [0.1, 0.15) is 226 Å². The second kappa shape index (κ2) is 58.8. The van der Waals surface area contributed by atoms with E-state index in [0.717, 1.165) is 122 Å². The van der Waals surface area contributed by atoms with Crippen LogP contribution in [0.25, 0.3) is 0 Å². The highest BCUT2D eigenvalue weighted by atomic mass is 31.2. The third kappa shape index (κ3) is 56.3. The van der Waals surface area contributed by atoms with Crippen LogP contribution in [0, 0.1) is 0 Å². The fraction of sp³-hybridized carbons (Fsp3) is 0.621. The van der Waals surface area contributed by atoms with Gasteiger partial charge in [0.2, 0.25) is 0 Å². The van der Waals surface area contributed by atoms with Crippen LogP contribution < -0.4 is 0 Å². The highest BCUT2D eigenvalue weighted by molar-refractivity contribution is 7.47. The van der Waals surface area contributed by atoms with Gasteiger partial charge in [0.1, 0.15) is 12.7 Å². The van der Waals surface area contributed by atoms with Gasteiger partial charge in [0.15, 0.2) is 6.10 Å². The van der Waals surface area contributed by atoms with Crippen molar-refractivity contribution in [3.05, 3.63) is 134 Å². The van der Waals surface area contributed by atoms with Crippen molar-refractivity contribution in [3.63, 3.8) is 0 Å². The van der Waals surface area contributed by atoms with Gasteiger partial charge in [-0.1, -0.05) is 212 Å². The van der Waals surface area contributed by atoms with Crippen molar-refractivity contribution in [2.24, 2.45) is 0 Å². The number of rotatable bonds is 54. The van der Waals surface area contributed by atoms with Crippen LogP contribution in [-0.4, -0.2) is 66.5 Å². The van der Waals surface area contributed by atoms with Gasteiger partial charge >= 0.3 is 25.7 Å². The molecule has 0 heterocycles. The first-order valence-corrected chi connectivity index (χ1v) is 31.6. The topological polar surface area (TPSA) is 155 Å². The molecule has 0 aromatic rings. The molecule has 12 heteroatoms. The molecule has 0 aromatic carbocycles. The molecule has 0 spiro atoms. The zero-order valence-electron chi connectivity index (χ0n) is 48.8. The molecule has 78 heavy (non-hydrogen) atoms. The summed E-state index contributed by atoms with van der Waals surface area (Å²) >= 11 is 0. The van der Waals surface area contributed by atoms with Crippen LogP contribution in [0.3, 0.4) is 0 Å². The average molecular weight is 1110 g/mol. The molecule has 0 aliphatic carbocycles. The van der Waals surface area contributed by atoms with Gasteiger partial charge in [-0.15, -0.1) is 0 Å². The van der Waals surface area contributed by atoms with E-state index in [-0.39, 0.29) is 25.9 Å². The predicted molar refractivity (Wildman–Crippen MR) is 325 cm³/mol. The van der Waals surface area contributed by atoms with Crippen molar-refractivity contribution in [2.45, 2.75) is 238 Å². The molecule has 3 atom stereocenters. The number of ether oxygens (including phenoxy) is 3. The van der Waals surface area contributed by atoms with Crippen molar-refractivity contribution in [2.75, 3.05) is 26.4 Å². The smallest absolute Gasteiger partial charge is 0.462 e. The van der Waals surface area contributed by atoms with Gasteiger partial charge < -0.3 is 24.2 Å². The summed E-state index contributed by atoms with van der Waals surface area (Å²) in [5.41, 5.74) is 0. The second-order valence-corrected chi connectivity index (χ2v) is 20.8. The molecule has 0 aromatic heterocycles. The normalized spacial score (nSPS) is 14.3. The van der Waals surface area contributed by atoms with Gasteiger partial charge in [-0.25, -0.2) is 4.57 Å². The monoisotopic (exact) mass is 1110 g/mol. The summed E-state index contributed by atoms with van der Waals surface area (Å²) in [6, 6.07) is 0. The zero-order chi connectivity index (χ0) is 56.9. The third-order valence-electron chi connectivity index (χ3n) is 12.0. The molecule has 0 amide bonds. The highest BCUT2D eigenvalue weighted by Crippen LogP contribution is 2.43. The lowest BCUT2D eigenvalue weighted by Gasteiger charge is -2.21. The molecule has 0 fully saturated rings. The van der Waals surface area contributed by atoms with Gasteiger partial charge in [0.25, 0.3) is 0 Å². The van der Waals surface area contributed by atoms with Crippen molar-refractivity contribution in [1.82, 2.24) is 0 Å². The van der Waals surface area contributed by atoms with Crippen LogP contribution >= 0.6 is 7.82 Å². The Hall–Kier alpha value is -4.38. The number of phosphoric acid groups is 1. The SMILES string of the molecule is CC/C=C\C/C=C\C/C=C\C/C=C\C/C=C\CCCCCC(=O)OC(COC(=O)CCCCCCC/C=C\CCCCCCCC)COP(=O)(O)OCC(CO)OC(=O)CCC/C=C\C/C=C\C/C=C\C/C=C\C/C=C\CC. The molecule has 2 N–H and O–H groups in total. The maximum absolute atomic E-state index is 12.9. The van der Waals surface area contributed by atoms with E-state index < -0.39 is 57.8 Å². The lowest BCUT2D eigenvalue weighted by Crippen LogP contribution is -2.30. The minimum atomic E-state index is -4.79. The Balaban J connectivity index is 4.86. The Morgan fingerprint density at radius 2 is 0.679 bits per heavy atom. The lowest BCUT2D eigenvalue weighted by atomic mass is 10.1. The highest BCUT2D eigenvalue weighted by Gasteiger charge is 2.28. The van der Waals surface area contributed by atoms with Gasteiger partial charge in [-0.2, -0.15) is 0 Å². The van der Waals surface area contributed by atoms with Crippen LogP contribution in [0.2, 0.25) is 0 Å². The third-order valence-corrected chi connectivity index (χ3v) is 13.0. The number of aliphatic hydroxyl groups excluding tert-OH is 1. The zero-order valence-corrected chi connectivity index (χ0v) is 49.7. The summed E-state index contributed by atoms with van der Waals surface area (Å²) in [6.07, 6.45) is 74.1. The van der Waals surface area contributed by atoms with Gasteiger partial charge in [-0.3, -0.25) is 23.4 Å². The molecule has 0 aliphatic rings. The first kappa shape index (κ1) is 73.6. The van der Waals surface area contributed by atoms with E-state index in [1.165, 1.54) is 38.5 Å². The molecule has 0 aliphatic heterocycles. The maximum Gasteiger partial charge on any atom is 0.472 e. The standard InChI is InChI=1S/C66H107O11P/c1-4-7-10-13-16-19-22-25-28-30-31-33-36-39-42-45-48-51-54-57-66(70)77-63(59-73-64(68)55-52-49-46-43-40-37-34-27-24-21-18-15-12-9-6-3)61-75-78(71,72)74-60-62(58-67)76-65(69)56-53-50-47-44-41-38-35-32-29-26-23-20-17-14-11-8-5-2/h7-8,10-11,16-17,19-20,25-29,31,33-35,38-39,42,44,47,62-63,67H,4-6,9,12-15,18,21-24,30,32,36-37,40-41,43,45-46,48-61H2,1-3H3,(H,71,72)/b10-7-,11-8-,19-16-,20-17-,28-25-,29-26-,33-31-,34-27-,38-35-,42-39-,47-44-. The number of unbranched alkanes of at least 4 members (excludes halogenated alkanes) is 15. The van der Waals surface area contributed by atoms with Crippen LogP contribution in [0.15, 0.2) is 134 Å². The first-order chi connectivity index (χ1) is 38.2. The van der Waals surface area contributed by atoms with Crippen molar-refractivity contribution < 1.29 is 52.2 Å². The Kier molecular flexibility index (Phi) is 55.5. The van der Waals surface area contributed by atoms with E-state index in [0.29, 0.717) is 25.7 Å². The number of aliphatic hydroxyl groups is 1. The van der Waals surface area contributed by atoms with Crippen molar-refractivity contribution in [1.29, 1.82) is 0 Å². The number of carbonyl (C=O) groups is 3. The van der Waals surface area contributed by atoms with E-state index in [1.54, 1.807) is 0 Å². The number of phosphoric ester groups is 1. The molecule has 0 saturated heterocycles. The number of hydrogen-bond donors (Lipinski definition) is 2. The Labute approximate surface area is 474 Å². The van der Waals surface area contributed by atoms with E-state index >= 15 is 0 Å². The second-order valence-electron chi connectivity index (χ2n) is 19.4. The van der Waals surface area contributed by atoms with Gasteiger partial charge in [-0.05, 0) is 128 Å². The molecule has 11 nitrogen and oxygen atoms in total. The average Bonchev–Trinajstić information content (AvgIpc) is 3.43. The lowest BCUT2D eigenvalue weighted by molar-refractivity contribution is -0.161.